The number of carboxylic acid groups (broad SMARTS) is 1. The van der Waals surface area contributed by atoms with E-state index in [2.05, 4.69) is 10.3 Å². The molecule has 1 unspecified atom stereocenters. The van der Waals surface area contributed by atoms with Gasteiger partial charge < -0.3 is 20.1 Å². The van der Waals surface area contributed by atoms with Gasteiger partial charge in [-0.1, -0.05) is 41.9 Å². The predicted molar refractivity (Wildman–Crippen MR) is 123 cm³/mol. The van der Waals surface area contributed by atoms with Crippen LogP contribution in [0.3, 0.4) is 0 Å². The zero-order valence-electron chi connectivity index (χ0n) is 17.0. The Hall–Kier alpha value is -3.77. The van der Waals surface area contributed by atoms with Gasteiger partial charge in [-0.25, -0.2) is 4.79 Å². The summed E-state index contributed by atoms with van der Waals surface area (Å²) >= 11 is 5.85. The number of carbonyl (C=O) groups excluding carboxylic acids is 1. The lowest BCUT2D eigenvalue weighted by atomic mass is 10.0. The number of carboxylic acids is 1. The number of aromatic amines is 1. The van der Waals surface area contributed by atoms with Crippen molar-refractivity contribution in [3.05, 3.63) is 101 Å². The molecule has 4 aromatic rings. The van der Waals surface area contributed by atoms with Gasteiger partial charge in [-0.2, -0.15) is 0 Å². The van der Waals surface area contributed by atoms with Gasteiger partial charge in [0.2, 0.25) is 0 Å². The summed E-state index contributed by atoms with van der Waals surface area (Å²) in [6, 6.07) is 20.7. The van der Waals surface area contributed by atoms with Crippen molar-refractivity contribution in [2.24, 2.45) is 0 Å². The van der Waals surface area contributed by atoms with Crippen LogP contribution >= 0.6 is 11.6 Å². The first-order valence-corrected chi connectivity index (χ1v) is 10.4. The highest BCUT2D eigenvalue weighted by atomic mass is 35.5. The van der Waals surface area contributed by atoms with Gasteiger partial charge in [0.25, 0.3) is 5.91 Å². The normalized spacial score (nSPS) is 11.8. The number of carbonyl (C=O) groups is 2. The van der Waals surface area contributed by atoms with Crippen LogP contribution in [0.5, 0.6) is 5.75 Å². The molecule has 0 aliphatic carbocycles. The summed E-state index contributed by atoms with van der Waals surface area (Å²) < 4.78 is 5.86. The fraction of sp³-hybridized carbons (Fsp3) is 0.120. The number of benzene rings is 3. The summed E-state index contributed by atoms with van der Waals surface area (Å²) in [4.78, 5) is 27.4. The summed E-state index contributed by atoms with van der Waals surface area (Å²) in [5.74, 6) is -0.865. The molecule has 32 heavy (non-hydrogen) atoms. The average molecular weight is 449 g/mol. The Labute approximate surface area is 189 Å². The molecule has 1 heterocycles. The van der Waals surface area contributed by atoms with Gasteiger partial charge in [-0.05, 0) is 47.5 Å². The summed E-state index contributed by atoms with van der Waals surface area (Å²) in [6.07, 6.45) is 1.90. The molecule has 0 radical (unpaired) electrons. The number of rotatable bonds is 8. The predicted octanol–water partition coefficient (Wildman–Crippen LogP) is 4.83. The fourth-order valence-electron chi connectivity index (χ4n) is 3.43. The number of amides is 1. The quantitative estimate of drug-likeness (QED) is 0.360. The van der Waals surface area contributed by atoms with Crippen LogP contribution in [-0.2, 0) is 17.8 Å². The van der Waals surface area contributed by atoms with Gasteiger partial charge in [0, 0.05) is 40.2 Å². The number of halogens is 1. The number of H-pyrrole nitrogens is 1. The molecule has 6 nitrogen and oxygen atoms in total. The highest BCUT2D eigenvalue weighted by Gasteiger charge is 2.22. The third-order valence-corrected chi connectivity index (χ3v) is 5.37. The molecule has 0 saturated heterocycles. The molecule has 0 aliphatic heterocycles. The van der Waals surface area contributed by atoms with Crippen molar-refractivity contribution in [3.8, 4) is 5.75 Å². The maximum Gasteiger partial charge on any atom is 0.326 e. The van der Waals surface area contributed by atoms with Crippen molar-refractivity contribution in [2.45, 2.75) is 19.1 Å². The van der Waals surface area contributed by atoms with Crippen molar-refractivity contribution in [3.63, 3.8) is 0 Å². The molecule has 7 heteroatoms. The number of aliphatic carboxylic acids is 1. The van der Waals surface area contributed by atoms with Gasteiger partial charge in [-0.15, -0.1) is 0 Å². The topological polar surface area (TPSA) is 91.4 Å². The van der Waals surface area contributed by atoms with E-state index in [9.17, 15) is 14.7 Å². The number of hydrogen-bond donors (Lipinski definition) is 3. The van der Waals surface area contributed by atoms with Gasteiger partial charge in [-0.3, -0.25) is 4.79 Å². The van der Waals surface area contributed by atoms with Gasteiger partial charge in [0.15, 0.2) is 0 Å². The highest BCUT2D eigenvalue weighted by Crippen LogP contribution is 2.25. The lowest BCUT2D eigenvalue weighted by Crippen LogP contribution is -2.42. The largest absolute Gasteiger partial charge is 0.489 e. The molecule has 1 aromatic heterocycles. The third-order valence-electron chi connectivity index (χ3n) is 5.12. The number of hydrogen-bond acceptors (Lipinski definition) is 3. The zero-order chi connectivity index (χ0) is 22.5. The number of nitrogens with one attached hydrogen (secondary N) is 2. The molecule has 0 bridgehead atoms. The summed E-state index contributed by atoms with van der Waals surface area (Å²) in [5, 5.41) is 13.6. The van der Waals surface area contributed by atoms with E-state index in [1.54, 1.807) is 30.5 Å². The van der Waals surface area contributed by atoms with Crippen LogP contribution in [0.1, 0.15) is 21.5 Å². The van der Waals surface area contributed by atoms with E-state index < -0.39 is 17.9 Å². The van der Waals surface area contributed by atoms with E-state index in [0.717, 1.165) is 22.0 Å². The minimum Gasteiger partial charge on any atom is -0.489 e. The Balaban J connectivity index is 1.46. The maximum atomic E-state index is 12.5. The average Bonchev–Trinajstić information content (AvgIpc) is 3.20. The van der Waals surface area contributed by atoms with Crippen molar-refractivity contribution < 1.29 is 19.4 Å². The molecule has 0 saturated carbocycles. The van der Waals surface area contributed by atoms with E-state index in [0.29, 0.717) is 22.9 Å². The molecular weight excluding hydrogens is 428 g/mol. The Morgan fingerprint density at radius 1 is 1.03 bits per heavy atom. The summed E-state index contributed by atoms with van der Waals surface area (Å²) in [5.41, 5.74) is 3.04. The molecular formula is C25H21ClN2O4. The molecule has 4 rings (SSSR count). The Morgan fingerprint density at radius 2 is 1.78 bits per heavy atom. The molecule has 3 N–H and O–H groups in total. The smallest absolute Gasteiger partial charge is 0.326 e. The van der Waals surface area contributed by atoms with E-state index in [4.69, 9.17) is 16.3 Å². The monoisotopic (exact) mass is 448 g/mol. The number of fused-ring (bicyclic) bond motifs is 1. The third kappa shape index (κ3) is 5.10. The van der Waals surface area contributed by atoms with Gasteiger partial charge in [0.1, 0.15) is 18.4 Å². The lowest BCUT2D eigenvalue weighted by Gasteiger charge is -2.14. The molecule has 0 aliphatic rings. The number of ether oxygens (including phenoxy) is 1. The molecule has 1 amide bonds. The van der Waals surface area contributed by atoms with Crippen LogP contribution in [0.15, 0.2) is 79.0 Å². The lowest BCUT2D eigenvalue weighted by molar-refractivity contribution is -0.139. The van der Waals surface area contributed by atoms with Crippen LogP contribution in [0.2, 0.25) is 5.02 Å². The van der Waals surface area contributed by atoms with E-state index in [1.165, 1.54) is 0 Å². The molecule has 162 valence electrons. The minimum atomic E-state index is -1.11. The molecule has 0 spiro atoms. The van der Waals surface area contributed by atoms with Crippen molar-refractivity contribution in [1.29, 1.82) is 0 Å². The molecule has 3 aromatic carbocycles. The molecule has 1 atom stereocenters. The van der Waals surface area contributed by atoms with Crippen LogP contribution in [0.25, 0.3) is 10.9 Å². The Morgan fingerprint density at radius 3 is 2.50 bits per heavy atom. The Kier molecular flexibility index (Phi) is 6.42. The maximum absolute atomic E-state index is 12.5. The van der Waals surface area contributed by atoms with Gasteiger partial charge in [0.05, 0.1) is 0 Å². The van der Waals surface area contributed by atoms with Crippen molar-refractivity contribution in [1.82, 2.24) is 10.3 Å². The van der Waals surface area contributed by atoms with Crippen LogP contribution in [0, 0.1) is 0 Å². The minimum absolute atomic E-state index is 0.138. The second-order valence-corrected chi connectivity index (χ2v) is 7.81. The van der Waals surface area contributed by atoms with Crippen LogP contribution < -0.4 is 10.1 Å². The standard InChI is InChI=1S/C25H21ClN2O4/c26-19-8-6-17(7-9-19)24(29)28-23(25(30)31)12-18-14-27-22-13-20(10-11-21(18)22)32-15-16-4-2-1-3-5-16/h1-11,13-14,23,27H,12,15H2,(H,28,29)(H,30,31). The van der Waals surface area contributed by atoms with Crippen LogP contribution in [-0.4, -0.2) is 28.0 Å². The van der Waals surface area contributed by atoms with Crippen molar-refractivity contribution >= 4 is 34.4 Å². The van der Waals surface area contributed by atoms with Crippen molar-refractivity contribution in [2.75, 3.05) is 0 Å². The van der Waals surface area contributed by atoms with E-state index in [1.807, 2.05) is 48.5 Å². The SMILES string of the molecule is O=C(NC(Cc1c[nH]c2cc(OCc3ccccc3)ccc12)C(=O)O)c1ccc(Cl)cc1. The Bertz CT molecular complexity index is 1240. The fourth-order valence-corrected chi connectivity index (χ4v) is 3.55. The first kappa shape index (κ1) is 21.5. The van der Waals surface area contributed by atoms with Crippen LogP contribution in [0.4, 0.5) is 0 Å². The zero-order valence-corrected chi connectivity index (χ0v) is 17.8. The molecule has 0 fully saturated rings. The first-order chi connectivity index (χ1) is 15.5. The summed E-state index contributed by atoms with van der Waals surface area (Å²) in [6.45, 7) is 0.456. The van der Waals surface area contributed by atoms with Gasteiger partial charge >= 0.3 is 5.97 Å². The van der Waals surface area contributed by atoms with E-state index >= 15 is 0 Å². The highest BCUT2D eigenvalue weighted by molar-refractivity contribution is 6.30. The number of aromatic nitrogens is 1. The van der Waals surface area contributed by atoms with E-state index in [-0.39, 0.29) is 6.42 Å². The second-order valence-electron chi connectivity index (χ2n) is 7.37. The first-order valence-electron chi connectivity index (χ1n) is 10.1. The second kappa shape index (κ2) is 9.58. The summed E-state index contributed by atoms with van der Waals surface area (Å²) in [7, 11) is 0.